The lowest BCUT2D eigenvalue weighted by atomic mass is 9.59. The minimum atomic E-state index is -0.246. The van der Waals surface area contributed by atoms with E-state index in [0.717, 1.165) is 30.6 Å². The monoisotopic (exact) mass is 752 g/mol. The fourth-order valence-electron chi connectivity index (χ4n) is 12.7. The van der Waals surface area contributed by atoms with Gasteiger partial charge in [0, 0.05) is 12.5 Å². The van der Waals surface area contributed by atoms with E-state index in [1.54, 1.807) is 11.1 Å². The van der Waals surface area contributed by atoms with Crippen molar-refractivity contribution >= 4 is 10.8 Å². The van der Waals surface area contributed by atoms with Crippen LogP contribution < -0.4 is 4.57 Å². The van der Waals surface area contributed by atoms with Crippen LogP contribution in [-0.4, -0.2) is 0 Å². The number of rotatable bonds is 7. The van der Waals surface area contributed by atoms with Crippen molar-refractivity contribution in [1.82, 2.24) is 0 Å². The fraction of sp³-hybridized carbons (Fsp3) is 0.281. The van der Waals surface area contributed by atoms with E-state index in [2.05, 4.69) is 184 Å². The van der Waals surface area contributed by atoms with Crippen molar-refractivity contribution in [2.45, 2.75) is 88.5 Å². The first-order valence-corrected chi connectivity index (χ1v) is 22.1. The molecule has 286 valence electrons. The first-order valence-electron chi connectivity index (χ1n) is 22.1. The highest BCUT2D eigenvalue weighted by Gasteiger charge is 2.58. The van der Waals surface area contributed by atoms with E-state index in [1.165, 1.54) is 104 Å². The summed E-state index contributed by atoms with van der Waals surface area (Å²) in [6.07, 6.45) is 13.7. The predicted molar refractivity (Wildman–Crippen MR) is 243 cm³/mol. The van der Waals surface area contributed by atoms with E-state index >= 15 is 0 Å². The van der Waals surface area contributed by atoms with Gasteiger partial charge in [-0.25, -0.2) is 0 Å². The second-order valence-electron chi connectivity index (χ2n) is 18.4. The topological polar surface area (TPSA) is 3.88 Å². The largest absolute Gasteiger partial charge is 0.221 e. The Morgan fingerprint density at radius 3 is 1.67 bits per heavy atom. The molecule has 2 fully saturated rings. The molecule has 4 aliphatic carbocycles. The highest BCUT2D eigenvalue weighted by molar-refractivity contribution is 5.96. The Bertz CT molecular complexity index is 2670. The second-order valence-corrected chi connectivity index (χ2v) is 18.4. The highest BCUT2D eigenvalue weighted by Crippen LogP contribution is 2.58. The fourth-order valence-corrected chi connectivity index (χ4v) is 12.7. The Balaban J connectivity index is 1.10. The van der Waals surface area contributed by atoms with Gasteiger partial charge in [-0.2, -0.15) is 4.57 Å². The lowest BCUT2D eigenvalue weighted by Gasteiger charge is -2.46. The lowest BCUT2D eigenvalue weighted by Crippen LogP contribution is -2.68. The van der Waals surface area contributed by atoms with Crippen LogP contribution in [-0.2, 0) is 11.0 Å². The molecule has 7 aromatic rings. The van der Waals surface area contributed by atoms with Crippen molar-refractivity contribution in [3.63, 3.8) is 0 Å². The highest BCUT2D eigenvalue weighted by atomic mass is 15.1. The van der Waals surface area contributed by atoms with E-state index in [1.807, 2.05) is 0 Å². The average Bonchev–Trinajstić information content (AvgIpc) is 3.44. The summed E-state index contributed by atoms with van der Waals surface area (Å²) < 4.78 is 2.65. The quantitative estimate of drug-likeness (QED) is 0.113. The molecule has 5 aliphatic rings. The zero-order chi connectivity index (χ0) is 39.2. The van der Waals surface area contributed by atoms with Crippen LogP contribution in [0.2, 0.25) is 0 Å². The summed E-state index contributed by atoms with van der Waals surface area (Å²) >= 11 is 0. The smallest absolute Gasteiger partial charge is 0.188 e. The minimum absolute atomic E-state index is 0.125. The molecule has 1 aromatic heterocycles. The number of allylic oxidation sites excluding steroid dienone is 1. The number of nitrogens with zero attached hydrogens (tertiary/aromatic N) is 1. The summed E-state index contributed by atoms with van der Waals surface area (Å²) in [5.74, 6) is 3.25. The van der Waals surface area contributed by atoms with Gasteiger partial charge >= 0.3 is 0 Å². The van der Waals surface area contributed by atoms with Gasteiger partial charge in [0.05, 0.1) is 16.4 Å². The zero-order valence-corrected chi connectivity index (χ0v) is 34.3. The van der Waals surface area contributed by atoms with Gasteiger partial charge < -0.3 is 0 Å². The van der Waals surface area contributed by atoms with Crippen LogP contribution in [0.5, 0.6) is 0 Å². The summed E-state index contributed by atoms with van der Waals surface area (Å²) in [5.41, 5.74) is 17.0. The molecule has 12 rings (SSSR count). The van der Waals surface area contributed by atoms with Crippen molar-refractivity contribution < 1.29 is 4.57 Å². The van der Waals surface area contributed by atoms with E-state index in [9.17, 15) is 0 Å². The van der Waals surface area contributed by atoms with Crippen molar-refractivity contribution in [3.8, 4) is 55.8 Å². The molecule has 0 amide bonds. The Morgan fingerprint density at radius 1 is 0.552 bits per heavy atom. The zero-order valence-electron chi connectivity index (χ0n) is 34.3. The van der Waals surface area contributed by atoms with Crippen molar-refractivity contribution in [2.24, 2.45) is 11.8 Å². The number of fused-ring (bicyclic) bond motifs is 5. The number of hydrogen-bond acceptors (Lipinski definition) is 0. The van der Waals surface area contributed by atoms with E-state index in [0.29, 0.717) is 5.92 Å². The van der Waals surface area contributed by atoms with Gasteiger partial charge in [-0.1, -0.05) is 117 Å². The van der Waals surface area contributed by atoms with Gasteiger partial charge in [-0.05, 0) is 178 Å². The molecular weight excluding hydrogens is 699 g/mol. The summed E-state index contributed by atoms with van der Waals surface area (Å²) in [6.45, 7) is 11.8. The molecule has 2 saturated carbocycles. The first-order chi connectivity index (χ1) is 28.4. The van der Waals surface area contributed by atoms with Crippen LogP contribution in [0.4, 0.5) is 0 Å². The molecule has 0 spiro atoms. The molecule has 6 aromatic carbocycles. The van der Waals surface area contributed by atoms with Gasteiger partial charge in [0.2, 0.25) is 5.69 Å². The van der Waals surface area contributed by atoms with Crippen molar-refractivity contribution in [1.29, 1.82) is 0 Å². The molecule has 4 unspecified atom stereocenters. The molecule has 1 nitrogen and oxygen atoms in total. The number of benzene rings is 6. The summed E-state index contributed by atoms with van der Waals surface area (Å²) in [4.78, 5) is 0. The maximum atomic E-state index is 4.60. The van der Waals surface area contributed by atoms with Crippen LogP contribution in [0.15, 0.2) is 158 Å². The van der Waals surface area contributed by atoms with Gasteiger partial charge in [0.25, 0.3) is 0 Å². The van der Waals surface area contributed by atoms with Crippen LogP contribution in [0.25, 0.3) is 66.5 Å². The van der Waals surface area contributed by atoms with Gasteiger partial charge in [0.15, 0.2) is 11.7 Å². The third-order valence-corrected chi connectivity index (χ3v) is 15.7. The van der Waals surface area contributed by atoms with E-state index in [4.69, 9.17) is 0 Å². The molecule has 58 heavy (non-hydrogen) atoms. The standard InChI is InChI=1S/C57H54N/c1-5-56(4)54-22-21-43(41-19-14-20-42(30-41)47-32-45(39-15-10-8-11-16-39)31-46(33-47)40-17-12-9-13-18-40)34-53(54)55-52-36-51-49-28-37-25-38(29-49)27-48(26-37)50(51)35-44(52)23-24-58(55)57(56,6-2)7-3/h6,8-24,30-38,48-49H,2,5,7,25-29H2,1,3-4H3/q+1. The Hall–Kier alpha value is -5.53. The Morgan fingerprint density at radius 2 is 1.09 bits per heavy atom. The van der Waals surface area contributed by atoms with E-state index < -0.39 is 0 Å². The lowest BCUT2D eigenvalue weighted by molar-refractivity contribution is -0.755. The van der Waals surface area contributed by atoms with Crippen molar-refractivity contribution in [2.75, 3.05) is 0 Å². The van der Waals surface area contributed by atoms with Gasteiger partial charge in [-0.3, -0.25) is 0 Å². The second kappa shape index (κ2) is 13.5. The summed E-state index contributed by atoms with van der Waals surface area (Å²) in [7, 11) is 0. The molecule has 4 bridgehead atoms. The van der Waals surface area contributed by atoms with Crippen LogP contribution in [0.1, 0.15) is 94.2 Å². The molecule has 0 saturated heterocycles. The number of hydrogen-bond donors (Lipinski definition) is 0. The number of aromatic nitrogens is 1. The molecule has 0 radical (unpaired) electrons. The molecular formula is C57H54N+. The normalized spacial score (nSPS) is 25.2. The minimum Gasteiger partial charge on any atom is -0.188 e. The molecule has 2 heterocycles. The van der Waals surface area contributed by atoms with Gasteiger partial charge in [-0.15, -0.1) is 0 Å². The summed E-state index contributed by atoms with van der Waals surface area (Å²) in [6, 6.07) is 53.0. The summed E-state index contributed by atoms with van der Waals surface area (Å²) in [5, 5.41) is 2.81. The average molecular weight is 753 g/mol. The third kappa shape index (κ3) is 5.31. The van der Waals surface area contributed by atoms with E-state index in [-0.39, 0.29) is 11.0 Å². The Kier molecular flexibility index (Phi) is 8.30. The predicted octanol–water partition coefficient (Wildman–Crippen LogP) is 14.8. The Labute approximate surface area is 345 Å². The van der Waals surface area contributed by atoms with Crippen molar-refractivity contribution in [3.05, 3.63) is 175 Å². The third-order valence-electron chi connectivity index (χ3n) is 15.7. The molecule has 1 heteroatoms. The molecule has 0 N–H and O–H groups in total. The van der Waals surface area contributed by atoms with Crippen LogP contribution >= 0.6 is 0 Å². The molecule has 1 aliphatic heterocycles. The maximum absolute atomic E-state index is 4.60. The molecule has 4 atom stereocenters. The van der Waals surface area contributed by atoms with Crippen LogP contribution in [0.3, 0.4) is 0 Å². The van der Waals surface area contributed by atoms with Crippen LogP contribution in [0, 0.1) is 11.8 Å². The first kappa shape index (κ1) is 35.6. The number of pyridine rings is 1. The maximum Gasteiger partial charge on any atom is 0.221 e. The SMILES string of the molecule is C=CC1(CC)[n+]2ccc3cc4c(cc3c2-c2cc(-c3cccc(-c5cc(-c6ccccc6)cc(-c6ccccc6)c5)c3)ccc2C1(C)CC)C1CC2CC(CC4C2)C1. The van der Waals surface area contributed by atoms with Gasteiger partial charge in [0.1, 0.15) is 0 Å².